The zero-order valence-corrected chi connectivity index (χ0v) is 7.03. The van der Waals surface area contributed by atoms with Crippen molar-refractivity contribution in [1.82, 2.24) is 0 Å². The van der Waals surface area contributed by atoms with Crippen LogP contribution in [0.15, 0.2) is 29.2 Å². The predicted molar refractivity (Wildman–Crippen MR) is 45.5 cm³/mol. The lowest BCUT2D eigenvalue weighted by molar-refractivity contribution is 0.626. The van der Waals surface area contributed by atoms with Gasteiger partial charge in [-0.1, -0.05) is 0 Å². The average molecular weight is 158 g/mol. The third-order valence-corrected chi connectivity index (χ3v) is 2.67. The smallest absolute Gasteiger partial charge is 0.123 e. The summed E-state index contributed by atoms with van der Waals surface area (Å²) in [6, 6.07) is 6.72. The topological polar surface area (TPSA) is 0 Å². The molecular formula is C8H11FS. The zero-order valence-electron chi connectivity index (χ0n) is 6.13. The Morgan fingerprint density at radius 2 is 1.60 bits per heavy atom. The van der Waals surface area contributed by atoms with Crippen molar-refractivity contribution in [3.8, 4) is 0 Å². The van der Waals surface area contributed by atoms with Crippen molar-refractivity contribution in [3.63, 3.8) is 0 Å². The fourth-order valence-electron chi connectivity index (χ4n) is 0.739. The summed E-state index contributed by atoms with van der Waals surface area (Å²) in [7, 11) is -0.0746. The van der Waals surface area contributed by atoms with Crippen LogP contribution in [0, 0.1) is 5.82 Å². The summed E-state index contributed by atoms with van der Waals surface area (Å²) in [6.45, 7) is 0. The summed E-state index contributed by atoms with van der Waals surface area (Å²) < 4.78 is 12.4. The summed E-state index contributed by atoms with van der Waals surface area (Å²) >= 11 is 0. The first-order valence-corrected chi connectivity index (χ1v) is 5.36. The normalized spacial score (nSPS) is 11.3. The Bertz CT molecular complexity index is 203. The Labute approximate surface area is 63.4 Å². The molecule has 0 heterocycles. The van der Waals surface area contributed by atoms with Gasteiger partial charge in [-0.15, -0.1) is 0 Å². The van der Waals surface area contributed by atoms with E-state index >= 15 is 0 Å². The Morgan fingerprint density at radius 1 is 1.10 bits per heavy atom. The molecule has 0 aliphatic carbocycles. The van der Waals surface area contributed by atoms with Gasteiger partial charge in [0.05, 0.1) is 0 Å². The second-order valence-corrected chi connectivity index (χ2v) is 4.68. The van der Waals surface area contributed by atoms with Crippen LogP contribution < -0.4 is 0 Å². The lowest BCUT2D eigenvalue weighted by atomic mass is 10.4. The minimum Gasteiger partial charge on any atom is -0.233 e. The Kier molecular flexibility index (Phi) is 2.33. The predicted octanol–water partition coefficient (Wildman–Crippen LogP) is 2.45. The second kappa shape index (κ2) is 3.06. The van der Waals surface area contributed by atoms with E-state index < -0.39 is 0 Å². The molecule has 0 atom stereocenters. The van der Waals surface area contributed by atoms with E-state index in [-0.39, 0.29) is 16.7 Å². The molecule has 2 heteroatoms. The molecule has 0 nitrogen and oxygen atoms in total. The van der Waals surface area contributed by atoms with E-state index in [2.05, 4.69) is 12.5 Å². The van der Waals surface area contributed by atoms with Gasteiger partial charge in [-0.3, -0.25) is 0 Å². The molecular weight excluding hydrogens is 147 g/mol. The SMILES string of the molecule is C[SH](C)c1ccc(F)cc1. The molecule has 0 amide bonds. The van der Waals surface area contributed by atoms with E-state index in [0.717, 1.165) is 0 Å². The molecule has 1 aromatic carbocycles. The van der Waals surface area contributed by atoms with Crippen molar-refractivity contribution in [2.24, 2.45) is 0 Å². The van der Waals surface area contributed by atoms with Gasteiger partial charge in [-0.2, -0.15) is 0 Å². The maximum atomic E-state index is 12.4. The molecule has 0 N–H and O–H groups in total. The third-order valence-electron chi connectivity index (χ3n) is 1.34. The standard InChI is InChI=1S/C8H11FS/c1-10(2)8-5-3-7(9)4-6-8/h3-6,10H,1-2H3. The highest BCUT2D eigenvalue weighted by atomic mass is 32.2. The first-order chi connectivity index (χ1) is 4.70. The first-order valence-electron chi connectivity index (χ1n) is 3.13. The Hall–Kier alpha value is -0.500. The van der Waals surface area contributed by atoms with Crippen LogP contribution in [0.4, 0.5) is 4.39 Å². The molecule has 0 unspecified atom stereocenters. The first kappa shape index (κ1) is 7.61. The maximum Gasteiger partial charge on any atom is 0.123 e. The van der Waals surface area contributed by atoms with Crippen molar-refractivity contribution in [3.05, 3.63) is 30.1 Å². The van der Waals surface area contributed by atoms with Crippen LogP contribution in [-0.2, 0) is 0 Å². The fraction of sp³-hybridized carbons (Fsp3) is 0.250. The molecule has 56 valence electrons. The summed E-state index contributed by atoms with van der Waals surface area (Å²) in [5, 5.41) is 0. The Morgan fingerprint density at radius 3 is 2.00 bits per heavy atom. The molecule has 1 rings (SSSR count). The van der Waals surface area contributed by atoms with Gasteiger partial charge in [0.1, 0.15) is 5.82 Å². The molecule has 10 heavy (non-hydrogen) atoms. The highest BCUT2D eigenvalue weighted by molar-refractivity contribution is 8.15. The van der Waals surface area contributed by atoms with Crippen LogP contribution in [0.25, 0.3) is 0 Å². The van der Waals surface area contributed by atoms with Crippen molar-refractivity contribution >= 4 is 10.9 Å². The second-order valence-electron chi connectivity index (χ2n) is 2.37. The number of rotatable bonds is 1. The quantitative estimate of drug-likeness (QED) is 0.596. The van der Waals surface area contributed by atoms with Crippen LogP contribution in [0.1, 0.15) is 0 Å². The van der Waals surface area contributed by atoms with Crippen LogP contribution in [0.5, 0.6) is 0 Å². The van der Waals surface area contributed by atoms with Crippen LogP contribution >= 0.6 is 10.9 Å². The summed E-state index contributed by atoms with van der Waals surface area (Å²) in [5.74, 6) is -0.152. The molecule has 0 aliphatic heterocycles. The minimum atomic E-state index is -0.152. The summed E-state index contributed by atoms with van der Waals surface area (Å²) in [6.07, 6.45) is 4.31. The van der Waals surface area contributed by atoms with Crippen LogP contribution in [-0.4, -0.2) is 12.5 Å². The molecule has 0 aromatic heterocycles. The average Bonchev–Trinajstić information content (AvgIpc) is 1.88. The van der Waals surface area contributed by atoms with Gasteiger partial charge in [0.15, 0.2) is 0 Å². The van der Waals surface area contributed by atoms with E-state index in [1.54, 1.807) is 0 Å². The number of thiol groups is 1. The minimum absolute atomic E-state index is 0.0746. The number of hydrogen-bond acceptors (Lipinski definition) is 0. The fourth-order valence-corrected chi connectivity index (χ4v) is 1.48. The van der Waals surface area contributed by atoms with Crippen LogP contribution in [0.2, 0.25) is 0 Å². The number of benzene rings is 1. The van der Waals surface area contributed by atoms with Gasteiger partial charge in [-0.05, 0) is 41.7 Å². The molecule has 0 aliphatic rings. The van der Waals surface area contributed by atoms with Gasteiger partial charge in [-0.25, -0.2) is 15.3 Å². The molecule has 0 bridgehead atoms. The van der Waals surface area contributed by atoms with E-state index in [4.69, 9.17) is 0 Å². The van der Waals surface area contributed by atoms with Gasteiger partial charge in [0.25, 0.3) is 0 Å². The molecule has 0 spiro atoms. The van der Waals surface area contributed by atoms with Gasteiger partial charge in [0, 0.05) is 0 Å². The monoisotopic (exact) mass is 158 g/mol. The van der Waals surface area contributed by atoms with E-state index in [0.29, 0.717) is 0 Å². The highest BCUT2D eigenvalue weighted by Gasteiger charge is 1.93. The van der Waals surface area contributed by atoms with Gasteiger partial charge >= 0.3 is 0 Å². The van der Waals surface area contributed by atoms with Crippen molar-refractivity contribution in [2.75, 3.05) is 12.5 Å². The Balaban J connectivity index is 2.89. The molecule has 0 saturated carbocycles. The van der Waals surface area contributed by atoms with Crippen molar-refractivity contribution < 1.29 is 4.39 Å². The largest absolute Gasteiger partial charge is 0.233 e. The lowest BCUT2D eigenvalue weighted by Gasteiger charge is -2.07. The van der Waals surface area contributed by atoms with E-state index in [1.807, 2.05) is 12.1 Å². The molecule has 0 saturated heterocycles. The molecule has 0 radical (unpaired) electrons. The van der Waals surface area contributed by atoms with Gasteiger partial charge < -0.3 is 0 Å². The number of halogens is 1. The van der Waals surface area contributed by atoms with E-state index in [9.17, 15) is 4.39 Å². The van der Waals surface area contributed by atoms with Gasteiger partial charge in [0.2, 0.25) is 0 Å². The van der Waals surface area contributed by atoms with Crippen molar-refractivity contribution in [2.45, 2.75) is 4.90 Å². The lowest BCUT2D eigenvalue weighted by Crippen LogP contribution is -1.78. The number of hydrogen-bond donors (Lipinski definition) is 1. The molecule has 0 fully saturated rings. The summed E-state index contributed by atoms with van der Waals surface area (Å²) in [5.41, 5.74) is 0. The molecule has 1 aromatic rings. The third kappa shape index (κ3) is 1.74. The maximum absolute atomic E-state index is 12.4. The van der Waals surface area contributed by atoms with E-state index in [1.165, 1.54) is 17.0 Å². The van der Waals surface area contributed by atoms with Crippen LogP contribution in [0.3, 0.4) is 0 Å². The zero-order chi connectivity index (χ0) is 7.56. The highest BCUT2D eigenvalue weighted by Crippen LogP contribution is 2.27. The summed E-state index contributed by atoms with van der Waals surface area (Å²) in [4.78, 5) is 1.25. The van der Waals surface area contributed by atoms with Crippen molar-refractivity contribution in [1.29, 1.82) is 0 Å².